The molecule has 0 aliphatic carbocycles. The zero-order chi connectivity index (χ0) is 15.9. The van der Waals surface area contributed by atoms with Crippen molar-refractivity contribution in [3.05, 3.63) is 70.4 Å². The lowest BCUT2D eigenvalue weighted by Gasteiger charge is -2.14. The van der Waals surface area contributed by atoms with E-state index in [0.717, 1.165) is 10.9 Å². The maximum absolute atomic E-state index is 11.6. The van der Waals surface area contributed by atoms with E-state index >= 15 is 0 Å². The number of para-hydroxylation sites is 1. The van der Waals surface area contributed by atoms with Crippen LogP contribution < -0.4 is 0 Å². The molecule has 1 aromatic heterocycles. The molecule has 2 aromatic carbocycles. The molecule has 0 bridgehead atoms. The molecule has 3 nitrogen and oxygen atoms in total. The van der Waals surface area contributed by atoms with Crippen molar-refractivity contribution >= 4 is 16.9 Å². The summed E-state index contributed by atoms with van der Waals surface area (Å²) < 4.78 is 1.89. The second-order valence-electron chi connectivity index (χ2n) is 5.86. The molecule has 3 rings (SSSR count). The van der Waals surface area contributed by atoms with Gasteiger partial charge >= 0.3 is 5.97 Å². The minimum Gasteiger partial charge on any atom is -0.477 e. The minimum atomic E-state index is -0.890. The summed E-state index contributed by atoms with van der Waals surface area (Å²) in [6.45, 7) is 6.83. The molecule has 112 valence electrons. The molecule has 3 aromatic rings. The van der Waals surface area contributed by atoms with E-state index in [9.17, 15) is 9.90 Å². The summed E-state index contributed by atoms with van der Waals surface area (Å²) in [5.41, 5.74) is 6.11. The van der Waals surface area contributed by atoms with E-state index in [1.165, 1.54) is 22.3 Å². The van der Waals surface area contributed by atoms with Crippen molar-refractivity contribution in [2.24, 2.45) is 0 Å². The summed E-state index contributed by atoms with van der Waals surface area (Å²) in [6, 6.07) is 13.8. The van der Waals surface area contributed by atoms with E-state index in [1.807, 2.05) is 28.8 Å². The molecular formula is C19H19NO2. The van der Waals surface area contributed by atoms with Gasteiger partial charge in [-0.2, -0.15) is 0 Å². The van der Waals surface area contributed by atoms with E-state index in [-0.39, 0.29) is 0 Å². The van der Waals surface area contributed by atoms with E-state index < -0.39 is 5.97 Å². The van der Waals surface area contributed by atoms with E-state index in [1.54, 1.807) is 6.07 Å². The first-order valence-corrected chi connectivity index (χ1v) is 7.35. The van der Waals surface area contributed by atoms with Gasteiger partial charge < -0.3 is 9.67 Å². The summed E-state index contributed by atoms with van der Waals surface area (Å²) in [5, 5.41) is 10.5. The highest BCUT2D eigenvalue weighted by atomic mass is 16.4. The van der Waals surface area contributed by atoms with Gasteiger partial charge in [-0.05, 0) is 49.6 Å². The number of aromatic nitrogens is 1. The molecule has 0 saturated heterocycles. The first-order chi connectivity index (χ1) is 10.5. The van der Waals surface area contributed by atoms with Gasteiger partial charge in [0, 0.05) is 17.4 Å². The summed E-state index contributed by atoms with van der Waals surface area (Å²) in [4.78, 5) is 11.6. The number of rotatable bonds is 3. The van der Waals surface area contributed by atoms with Crippen molar-refractivity contribution in [2.75, 3.05) is 0 Å². The lowest BCUT2D eigenvalue weighted by Crippen LogP contribution is -2.11. The summed E-state index contributed by atoms with van der Waals surface area (Å²) in [6.07, 6.45) is 0. The Labute approximate surface area is 129 Å². The standard InChI is InChI=1S/C19H19NO2/c1-12-8-13(2)16(14(3)9-12)11-20-17-7-5-4-6-15(17)10-18(20)19(21)22/h4-10H,11H2,1-3H3,(H,21,22). The summed E-state index contributed by atoms with van der Waals surface area (Å²) in [7, 11) is 0. The van der Waals surface area contributed by atoms with Crippen molar-refractivity contribution in [2.45, 2.75) is 27.3 Å². The van der Waals surface area contributed by atoms with Gasteiger partial charge in [0.05, 0.1) is 0 Å². The topological polar surface area (TPSA) is 42.2 Å². The highest BCUT2D eigenvalue weighted by Gasteiger charge is 2.16. The Morgan fingerprint density at radius 2 is 1.68 bits per heavy atom. The van der Waals surface area contributed by atoms with E-state index in [4.69, 9.17) is 0 Å². The van der Waals surface area contributed by atoms with E-state index in [2.05, 4.69) is 32.9 Å². The number of hydrogen-bond acceptors (Lipinski definition) is 1. The fourth-order valence-electron chi connectivity index (χ4n) is 3.18. The number of aryl methyl sites for hydroxylation is 3. The van der Waals surface area contributed by atoms with Crippen molar-refractivity contribution in [1.29, 1.82) is 0 Å². The molecule has 0 spiro atoms. The van der Waals surface area contributed by atoms with Gasteiger partial charge in [0.15, 0.2) is 0 Å². The average Bonchev–Trinajstić information content (AvgIpc) is 2.81. The zero-order valence-corrected chi connectivity index (χ0v) is 13.1. The van der Waals surface area contributed by atoms with Gasteiger partial charge in [0.2, 0.25) is 0 Å². The smallest absolute Gasteiger partial charge is 0.352 e. The third-order valence-electron chi connectivity index (χ3n) is 4.19. The minimum absolute atomic E-state index is 0.334. The largest absolute Gasteiger partial charge is 0.477 e. The Bertz CT molecular complexity index is 851. The molecule has 0 aliphatic rings. The van der Waals surface area contributed by atoms with Crippen LogP contribution in [0.5, 0.6) is 0 Å². The fraction of sp³-hybridized carbons (Fsp3) is 0.211. The number of aromatic carboxylic acids is 1. The zero-order valence-electron chi connectivity index (χ0n) is 13.1. The molecule has 0 unspecified atom stereocenters. The summed E-state index contributed by atoms with van der Waals surface area (Å²) >= 11 is 0. The SMILES string of the molecule is Cc1cc(C)c(Cn2c(C(=O)O)cc3ccccc32)c(C)c1. The number of carbonyl (C=O) groups is 1. The summed E-state index contributed by atoms with van der Waals surface area (Å²) in [5.74, 6) is -0.890. The van der Waals surface area contributed by atoms with Crippen LogP contribution in [0.4, 0.5) is 0 Å². The second kappa shape index (κ2) is 5.34. The van der Waals surface area contributed by atoms with Crippen LogP contribution in [-0.2, 0) is 6.54 Å². The van der Waals surface area contributed by atoms with Gasteiger partial charge in [-0.25, -0.2) is 4.79 Å². The van der Waals surface area contributed by atoms with Gasteiger partial charge in [-0.15, -0.1) is 0 Å². The van der Waals surface area contributed by atoms with E-state index in [0.29, 0.717) is 12.2 Å². The molecule has 0 radical (unpaired) electrons. The van der Waals surface area contributed by atoms with Gasteiger partial charge in [-0.1, -0.05) is 35.9 Å². The van der Waals surface area contributed by atoms with Gasteiger partial charge in [0.25, 0.3) is 0 Å². The third-order valence-corrected chi connectivity index (χ3v) is 4.19. The van der Waals surface area contributed by atoms with Gasteiger partial charge in [-0.3, -0.25) is 0 Å². The average molecular weight is 293 g/mol. The first kappa shape index (κ1) is 14.4. The molecule has 0 aliphatic heterocycles. The second-order valence-corrected chi connectivity index (χ2v) is 5.86. The van der Waals surface area contributed by atoms with Crippen LogP contribution in [-0.4, -0.2) is 15.6 Å². The van der Waals surface area contributed by atoms with Crippen LogP contribution in [0, 0.1) is 20.8 Å². The Balaban J connectivity index is 2.19. The predicted molar refractivity (Wildman–Crippen MR) is 88.7 cm³/mol. The van der Waals surface area contributed by atoms with Crippen molar-refractivity contribution < 1.29 is 9.90 Å². The molecule has 1 heterocycles. The number of hydrogen-bond donors (Lipinski definition) is 1. The molecule has 0 saturated carbocycles. The quantitative estimate of drug-likeness (QED) is 0.781. The van der Waals surface area contributed by atoms with Crippen molar-refractivity contribution in [3.63, 3.8) is 0 Å². The van der Waals surface area contributed by atoms with Crippen LogP contribution in [0.1, 0.15) is 32.7 Å². The third kappa shape index (κ3) is 2.39. The molecule has 0 fully saturated rings. The molecule has 22 heavy (non-hydrogen) atoms. The van der Waals surface area contributed by atoms with Crippen LogP contribution in [0.2, 0.25) is 0 Å². The predicted octanol–water partition coefficient (Wildman–Crippen LogP) is 4.31. The molecule has 1 N–H and O–H groups in total. The number of fused-ring (bicyclic) bond motifs is 1. The van der Waals surface area contributed by atoms with Crippen LogP contribution in [0.25, 0.3) is 10.9 Å². The Hall–Kier alpha value is -2.55. The highest BCUT2D eigenvalue weighted by molar-refractivity contribution is 5.94. The lowest BCUT2D eigenvalue weighted by molar-refractivity contribution is 0.0686. The Kier molecular flexibility index (Phi) is 3.49. The number of nitrogens with zero attached hydrogens (tertiary/aromatic N) is 1. The molecule has 0 amide bonds. The molecule has 0 atom stereocenters. The van der Waals surface area contributed by atoms with Crippen LogP contribution >= 0.6 is 0 Å². The maximum Gasteiger partial charge on any atom is 0.352 e. The number of carboxylic acid groups (broad SMARTS) is 1. The first-order valence-electron chi connectivity index (χ1n) is 7.35. The monoisotopic (exact) mass is 293 g/mol. The lowest BCUT2D eigenvalue weighted by atomic mass is 9.99. The van der Waals surface area contributed by atoms with Crippen LogP contribution in [0.15, 0.2) is 42.5 Å². The molecular weight excluding hydrogens is 274 g/mol. The maximum atomic E-state index is 11.6. The van der Waals surface area contributed by atoms with Crippen LogP contribution in [0.3, 0.4) is 0 Å². The number of benzene rings is 2. The van der Waals surface area contributed by atoms with Crippen molar-refractivity contribution in [3.8, 4) is 0 Å². The number of carboxylic acids is 1. The molecule has 3 heteroatoms. The Morgan fingerprint density at radius 3 is 2.32 bits per heavy atom. The fourth-order valence-corrected chi connectivity index (χ4v) is 3.18. The Morgan fingerprint density at radius 1 is 1.05 bits per heavy atom. The van der Waals surface area contributed by atoms with Crippen molar-refractivity contribution in [1.82, 2.24) is 4.57 Å². The normalized spacial score (nSPS) is 11.0. The highest BCUT2D eigenvalue weighted by Crippen LogP contribution is 2.24. The van der Waals surface area contributed by atoms with Gasteiger partial charge in [0.1, 0.15) is 5.69 Å².